The molecule has 28 heavy (non-hydrogen) atoms. The van der Waals surface area contributed by atoms with Crippen LogP contribution in [0.3, 0.4) is 0 Å². The van der Waals surface area contributed by atoms with Gasteiger partial charge in [0.1, 0.15) is 0 Å². The van der Waals surface area contributed by atoms with E-state index < -0.39 is 10.0 Å². The van der Waals surface area contributed by atoms with E-state index in [0.717, 1.165) is 43.5 Å². The van der Waals surface area contributed by atoms with Crippen LogP contribution in [0.25, 0.3) is 0 Å². The molecule has 1 heterocycles. The molecule has 0 atom stereocenters. The second-order valence-corrected chi connectivity index (χ2v) is 9.27. The van der Waals surface area contributed by atoms with Gasteiger partial charge in [-0.2, -0.15) is 4.31 Å². The lowest BCUT2D eigenvalue weighted by atomic mass is 10.1. The minimum absolute atomic E-state index is 0.108. The number of rotatable bonds is 7. The van der Waals surface area contributed by atoms with Crippen LogP contribution in [-0.4, -0.2) is 49.7 Å². The molecule has 1 saturated heterocycles. The molecule has 0 saturated carbocycles. The highest BCUT2D eigenvalue weighted by molar-refractivity contribution is 7.89. The first-order chi connectivity index (χ1) is 13.5. The summed E-state index contributed by atoms with van der Waals surface area (Å²) in [4.78, 5) is 14.8. The van der Waals surface area contributed by atoms with Crippen LogP contribution in [0.1, 0.15) is 30.4 Å². The summed E-state index contributed by atoms with van der Waals surface area (Å²) in [5.41, 5.74) is 2.05. The summed E-state index contributed by atoms with van der Waals surface area (Å²) in [5, 5.41) is 0. The maximum atomic E-state index is 13.2. The number of amides is 1. The Hall–Kier alpha value is -2.18. The molecule has 3 rings (SSSR count). The topological polar surface area (TPSA) is 57.7 Å². The van der Waals surface area contributed by atoms with Gasteiger partial charge in [-0.25, -0.2) is 8.42 Å². The Morgan fingerprint density at radius 1 is 0.964 bits per heavy atom. The van der Waals surface area contributed by atoms with Crippen molar-refractivity contribution >= 4 is 15.9 Å². The molecule has 1 fully saturated rings. The Balaban J connectivity index is 1.80. The third kappa shape index (κ3) is 5.20. The zero-order valence-electron chi connectivity index (χ0n) is 16.4. The Labute approximate surface area is 168 Å². The number of carbonyl (C=O) groups excluding carboxylic acids is 1. The van der Waals surface area contributed by atoms with E-state index in [1.807, 2.05) is 37.3 Å². The van der Waals surface area contributed by atoms with Crippen molar-refractivity contribution in [1.82, 2.24) is 9.21 Å². The molecule has 0 bridgehead atoms. The van der Waals surface area contributed by atoms with Gasteiger partial charge < -0.3 is 4.90 Å². The van der Waals surface area contributed by atoms with Crippen LogP contribution in [0.2, 0.25) is 0 Å². The molecule has 6 heteroatoms. The van der Waals surface area contributed by atoms with E-state index >= 15 is 0 Å². The molecule has 0 aliphatic carbocycles. The van der Waals surface area contributed by atoms with Crippen molar-refractivity contribution in [3.8, 4) is 0 Å². The summed E-state index contributed by atoms with van der Waals surface area (Å²) in [6.45, 7) is 3.53. The number of likely N-dealkylation sites (tertiary alicyclic amines) is 1. The second kappa shape index (κ2) is 9.34. The molecule has 2 aromatic carbocycles. The molecule has 0 N–H and O–H groups in total. The highest BCUT2D eigenvalue weighted by Gasteiger charge is 2.28. The Morgan fingerprint density at radius 3 is 2.25 bits per heavy atom. The van der Waals surface area contributed by atoms with Crippen LogP contribution >= 0.6 is 0 Å². The lowest BCUT2D eigenvalue weighted by Crippen LogP contribution is -2.45. The van der Waals surface area contributed by atoms with Crippen molar-refractivity contribution in [3.63, 3.8) is 0 Å². The average molecular weight is 401 g/mol. The summed E-state index contributed by atoms with van der Waals surface area (Å²) in [6, 6.07) is 16.6. The third-order valence-corrected chi connectivity index (χ3v) is 7.03. The van der Waals surface area contributed by atoms with Crippen molar-refractivity contribution < 1.29 is 13.2 Å². The fraction of sp³-hybridized carbons (Fsp3) is 0.409. The minimum atomic E-state index is -3.74. The number of benzene rings is 2. The van der Waals surface area contributed by atoms with E-state index in [4.69, 9.17) is 0 Å². The molecule has 0 aromatic heterocycles. The van der Waals surface area contributed by atoms with Gasteiger partial charge in [-0.15, -0.1) is 0 Å². The molecule has 1 aliphatic rings. The van der Waals surface area contributed by atoms with E-state index in [9.17, 15) is 13.2 Å². The number of nitrogens with zero attached hydrogens (tertiary/aromatic N) is 2. The molecule has 0 unspecified atom stereocenters. The lowest BCUT2D eigenvalue weighted by Gasteiger charge is -2.29. The summed E-state index contributed by atoms with van der Waals surface area (Å²) >= 11 is 0. The van der Waals surface area contributed by atoms with E-state index in [-0.39, 0.29) is 23.9 Å². The van der Waals surface area contributed by atoms with Gasteiger partial charge in [0, 0.05) is 19.6 Å². The maximum Gasteiger partial charge on any atom is 0.243 e. The van der Waals surface area contributed by atoms with E-state index in [0.29, 0.717) is 6.42 Å². The largest absolute Gasteiger partial charge is 0.342 e. The number of sulfonamides is 1. The zero-order valence-corrected chi connectivity index (χ0v) is 17.2. The van der Waals surface area contributed by atoms with Crippen molar-refractivity contribution in [3.05, 3.63) is 65.7 Å². The van der Waals surface area contributed by atoms with Crippen molar-refractivity contribution in [2.45, 2.75) is 37.5 Å². The van der Waals surface area contributed by atoms with Crippen LogP contribution in [0.15, 0.2) is 59.5 Å². The van der Waals surface area contributed by atoms with Gasteiger partial charge in [-0.3, -0.25) is 4.79 Å². The van der Waals surface area contributed by atoms with Crippen LogP contribution in [-0.2, 0) is 21.2 Å². The summed E-state index contributed by atoms with van der Waals surface area (Å²) in [6.07, 6.45) is 3.67. The van der Waals surface area contributed by atoms with Crippen molar-refractivity contribution in [1.29, 1.82) is 0 Å². The predicted molar refractivity (Wildman–Crippen MR) is 111 cm³/mol. The normalized spacial score (nSPS) is 15.0. The highest BCUT2D eigenvalue weighted by atomic mass is 32.2. The van der Waals surface area contributed by atoms with Crippen LogP contribution in [0.4, 0.5) is 0 Å². The molecule has 1 aliphatic heterocycles. The van der Waals surface area contributed by atoms with Crippen LogP contribution in [0, 0.1) is 6.92 Å². The van der Waals surface area contributed by atoms with Gasteiger partial charge in [0.2, 0.25) is 15.9 Å². The fourth-order valence-electron chi connectivity index (χ4n) is 3.44. The highest BCUT2D eigenvalue weighted by Crippen LogP contribution is 2.18. The SMILES string of the molecule is Cc1ccc(S(=O)(=O)N(CCc2ccccc2)CC(=O)N2CCCCC2)cc1. The molecular weight excluding hydrogens is 372 g/mol. The lowest BCUT2D eigenvalue weighted by molar-refractivity contribution is -0.132. The summed E-state index contributed by atoms with van der Waals surface area (Å²) in [7, 11) is -3.74. The summed E-state index contributed by atoms with van der Waals surface area (Å²) < 4.78 is 27.8. The summed E-state index contributed by atoms with van der Waals surface area (Å²) in [5.74, 6) is -0.108. The maximum absolute atomic E-state index is 13.2. The molecule has 1 amide bonds. The number of piperidine rings is 1. The van der Waals surface area contributed by atoms with Gasteiger partial charge in [0.05, 0.1) is 11.4 Å². The van der Waals surface area contributed by atoms with Gasteiger partial charge in [-0.1, -0.05) is 48.0 Å². The third-order valence-electron chi connectivity index (χ3n) is 5.17. The van der Waals surface area contributed by atoms with Crippen LogP contribution < -0.4 is 0 Å². The monoisotopic (exact) mass is 400 g/mol. The van der Waals surface area contributed by atoms with Crippen LogP contribution in [0.5, 0.6) is 0 Å². The number of aryl methyl sites for hydroxylation is 1. The van der Waals surface area contributed by atoms with Gasteiger partial charge >= 0.3 is 0 Å². The Kier molecular flexibility index (Phi) is 6.86. The Bertz CT molecular complexity index is 874. The fourth-order valence-corrected chi connectivity index (χ4v) is 4.83. The van der Waals surface area contributed by atoms with E-state index in [1.54, 1.807) is 29.2 Å². The van der Waals surface area contributed by atoms with Gasteiger partial charge in [0.15, 0.2) is 0 Å². The average Bonchev–Trinajstić information content (AvgIpc) is 2.72. The number of carbonyl (C=O) groups is 1. The first kappa shape index (κ1) is 20.6. The predicted octanol–water partition coefficient (Wildman–Crippen LogP) is 3.24. The van der Waals surface area contributed by atoms with Gasteiger partial charge in [0.25, 0.3) is 0 Å². The Morgan fingerprint density at radius 2 is 1.61 bits per heavy atom. The van der Waals surface area contributed by atoms with Gasteiger partial charge in [-0.05, 0) is 50.3 Å². The molecule has 0 radical (unpaired) electrons. The quantitative estimate of drug-likeness (QED) is 0.717. The van der Waals surface area contributed by atoms with E-state index in [2.05, 4.69) is 0 Å². The molecule has 5 nitrogen and oxygen atoms in total. The zero-order chi connectivity index (χ0) is 20.0. The standard InChI is InChI=1S/C22H28N2O3S/c1-19-10-12-21(13-11-19)28(26,27)24(17-14-20-8-4-2-5-9-20)18-22(25)23-15-6-3-7-16-23/h2,4-5,8-13H,3,6-7,14-18H2,1H3. The number of hydrogen-bond donors (Lipinski definition) is 0. The molecule has 150 valence electrons. The second-order valence-electron chi connectivity index (χ2n) is 7.33. The van der Waals surface area contributed by atoms with E-state index in [1.165, 1.54) is 4.31 Å². The molecule has 0 spiro atoms. The smallest absolute Gasteiger partial charge is 0.243 e. The first-order valence-corrected chi connectivity index (χ1v) is 11.3. The first-order valence-electron chi connectivity index (χ1n) is 9.85. The van der Waals surface area contributed by atoms with Crippen molar-refractivity contribution in [2.24, 2.45) is 0 Å². The number of hydrogen-bond acceptors (Lipinski definition) is 3. The molecule has 2 aromatic rings. The molecular formula is C22H28N2O3S. The van der Waals surface area contributed by atoms with Crippen molar-refractivity contribution in [2.75, 3.05) is 26.2 Å². The minimum Gasteiger partial charge on any atom is -0.342 e.